The number of hydrogen-bond donors (Lipinski definition) is 1. The fourth-order valence-corrected chi connectivity index (χ4v) is 1.97. The second-order valence-corrected chi connectivity index (χ2v) is 7.25. The van der Waals surface area contributed by atoms with E-state index in [0.717, 1.165) is 0 Å². The molecule has 0 aromatic heterocycles. The number of hydrogen-bond acceptors (Lipinski definition) is 4. The summed E-state index contributed by atoms with van der Waals surface area (Å²) in [6.07, 6.45) is -25.4. The van der Waals surface area contributed by atoms with Gasteiger partial charge in [0.15, 0.2) is 0 Å². The van der Waals surface area contributed by atoms with Crippen molar-refractivity contribution in [3.8, 4) is 0 Å². The Morgan fingerprint density at radius 3 is 1.61 bits per heavy atom. The normalized spacial score (nSPS) is 16.5. The number of rotatable bonds is 12. The van der Waals surface area contributed by atoms with Crippen LogP contribution in [0, 0.1) is 0 Å². The Labute approximate surface area is 163 Å². The molecule has 1 atom stereocenters. The molecule has 0 radical (unpaired) electrons. The van der Waals surface area contributed by atoms with Gasteiger partial charge in [0, 0.05) is 0 Å². The Bertz CT molecular complexity index is 704. The molecule has 0 aromatic carbocycles. The summed E-state index contributed by atoms with van der Waals surface area (Å²) in [6.45, 7) is -4.45. The molecule has 0 heterocycles. The second-order valence-electron chi connectivity index (χ2n) is 5.67. The predicted molar refractivity (Wildman–Crippen MR) is 68.6 cm³/mol. The van der Waals surface area contributed by atoms with Gasteiger partial charge in [-0.2, -0.15) is 65.5 Å². The molecule has 0 aliphatic rings. The lowest BCUT2D eigenvalue weighted by Gasteiger charge is -2.36. The van der Waals surface area contributed by atoms with E-state index in [0.29, 0.717) is 0 Å². The molecule has 5 nitrogen and oxygen atoms in total. The van der Waals surface area contributed by atoms with Gasteiger partial charge in [0.1, 0.15) is 12.8 Å². The van der Waals surface area contributed by atoms with Crippen LogP contribution in [0.1, 0.15) is 6.42 Å². The minimum absolute atomic E-state index is 1.13. The van der Waals surface area contributed by atoms with Crippen LogP contribution in [0.2, 0.25) is 0 Å². The van der Waals surface area contributed by atoms with Gasteiger partial charge in [0.25, 0.3) is 10.1 Å². The third-order valence-corrected chi connectivity index (χ3v) is 3.82. The van der Waals surface area contributed by atoms with Crippen molar-refractivity contribution in [2.45, 2.75) is 48.8 Å². The first-order chi connectivity index (χ1) is 13.3. The summed E-state index contributed by atoms with van der Waals surface area (Å²) in [5, 5.41) is 0. The minimum Gasteiger partial charge on any atom is -0.372 e. The van der Waals surface area contributed by atoms with Crippen LogP contribution in [0.15, 0.2) is 0 Å². The molecule has 0 aromatic rings. The Kier molecular flexibility index (Phi) is 8.67. The smallest absolute Gasteiger partial charge is 0.372 e. The van der Waals surface area contributed by atoms with Crippen molar-refractivity contribution in [1.29, 1.82) is 0 Å². The number of ether oxygens (including phenoxy) is 2. The van der Waals surface area contributed by atoms with E-state index in [1.54, 1.807) is 4.74 Å². The molecular formula is C11H10F14O5S. The lowest BCUT2D eigenvalue weighted by atomic mass is 10.1. The van der Waals surface area contributed by atoms with Crippen LogP contribution in [0.25, 0.3) is 0 Å². The molecule has 0 amide bonds. The summed E-state index contributed by atoms with van der Waals surface area (Å²) in [6, 6.07) is 0. The number of alkyl halides is 14. The molecule has 0 saturated heterocycles. The van der Waals surface area contributed by atoms with Crippen LogP contribution < -0.4 is 0 Å². The molecule has 31 heavy (non-hydrogen) atoms. The molecule has 188 valence electrons. The Hall–Kier alpha value is -1.15. The van der Waals surface area contributed by atoms with Crippen molar-refractivity contribution in [3.63, 3.8) is 0 Å². The maximum Gasteiger partial charge on any atom is 0.460 e. The lowest BCUT2D eigenvalue weighted by molar-refractivity contribution is -0.503. The number of halogens is 14. The molecule has 0 rings (SSSR count). The largest absolute Gasteiger partial charge is 0.460 e. The van der Waals surface area contributed by atoms with E-state index < -0.39 is 77.8 Å². The SMILES string of the molecule is O=S(=O)(O)CCC(F)COCC(F)(F)C(F)(F)OC(F)(F)C(F)(F)C(F)(F)C(F)(F)F. The average molecular weight is 520 g/mol. The quantitative estimate of drug-likeness (QED) is 0.307. The maximum absolute atomic E-state index is 13.2. The first-order valence-electron chi connectivity index (χ1n) is 7.14. The summed E-state index contributed by atoms with van der Waals surface area (Å²) in [7, 11) is -4.73. The van der Waals surface area contributed by atoms with E-state index >= 15 is 0 Å². The second kappa shape index (κ2) is 9.00. The van der Waals surface area contributed by atoms with Gasteiger partial charge in [-0.15, -0.1) is 0 Å². The van der Waals surface area contributed by atoms with Gasteiger partial charge in [0.2, 0.25) is 0 Å². The molecule has 0 bridgehead atoms. The van der Waals surface area contributed by atoms with Crippen LogP contribution in [-0.4, -0.2) is 74.3 Å². The summed E-state index contributed by atoms with van der Waals surface area (Å²) >= 11 is 0. The summed E-state index contributed by atoms with van der Waals surface area (Å²) < 4.78 is 212. The highest BCUT2D eigenvalue weighted by Gasteiger charge is 2.84. The summed E-state index contributed by atoms with van der Waals surface area (Å²) in [4.78, 5) is 0. The highest BCUT2D eigenvalue weighted by Crippen LogP contribution is 2.55. The van der Waals surface area contributed by atoms with Gasteiger partial charge < -0.3 is 4.74 Å². The highest BCUT2D eigenvalue weighted by atomic mass is 32.2. The third-order valence-electron chi connectivity index (χ3n) is 3.07. The molecular weight excluding hydrogens is 510 g/mol. The zero-order valence-corrected chi connectivity index (χ0v) is 15.0. The Morgan fingerprint density at radius 1 is 0.774 bits per heavy atom. The molecule has 0 aliphatic heterocycles. The van der Waals surface area contributed by atoms with E-state index in [9.17, 15) is 69.9 Å². The first-order valence-corrected chi connectivity index (χ1v) is 8.74. The molecule has 0 aliphatic carbocycles. The van der Waals surface area contributed by atoms with Crippen LogP contribution in [0.4, 0.5) is 61.5 Å². The van der Waals surface area contributed by atoms with Gasteiger partial charge in [-0.05, 0) is 6.42 Å². The van der Waals surface area contributed by atoms with Crippen molar-refractivity contribution in [3.05, 3.63) is 0 Å². The highest BCUT2D eigenvalue weighted by molar-refractivity contribution is 7.85. The predicted octanol–water partition coefficient (Wildman–Crippen LogP) is 4.29. The van der Waals surface area contributed by atoms with Crippen LogP contribution in [-0.2, 0) is 19.6 Å². The van der Waals surface area contributed by atoms with Crippen molar-refractivity contribution < 1.29 is 83.9 Å². The zero-order valence-electron chi connectivity index (χ0n) is 14.2. The Morgan fingerprint density at radius 2 is 1.23 bits per heavy atom. The fourth-order valence-electron chi connectivity index (χ4n) is 1.42. The fraction of sp³-hybridized carbons (Fsp3) is 1.00. The van der Waals surface area contributed by atoms with Crippen molar-refractivity contribution in [2.75, 3.05) is 19.0 Å². The van der Waals surface area contributed by atoms with Gasteiger partial charge >= 0.3 is 36.2 Å². The van der Waals surface area contributed by atoms with E-state index in [2.05, 4.69) is 4.74 Å². The zero-order chi connectivity index (χ0) is 25.3. The van der Waals surface area contributed by atoms with Gasteiger partial charge in [-0.25, -0.2) is 9.13 Å². The van der Waals surface area contributed by atoms with Crippen molar-refractivity contribution >= 4 is 10.1 Å². The molecule has 1 unspecified atom stereocenters. The maximum atomic E-state index is 13.2. The molecule has 1 N–H and O–H groups in total. The van der Waals surface area contributed by atoms with Crippen molar-refractivity contribution in [1.82, 2.24) is 0 Å². The average Bonchev–Trinajstić information content (AvgIpc) is 2.49. The topological polar surface area (TPSA) is 72.8 Å². The standard InChI is InChI=1S/C11H10F14O5S/c12-5(1-2-31(26,27)28)3-29-4-6(13,14)10(22,23)30-11(24,25)8(17,18)7(15,16)9(19,20)21/h5H,1-4H2,(H,26,27,28). The summed E-state index contributed by atoms with van der Waals surface area (Å²) in [5.74, 6) is -22.9. The van der Waals surface area contributed by atoms with Crippen LogP contribution in [0.5, 0.6) is 0 Å². The van der Waals surface area contributed by atoms with E-state index in [-0.39, 0.29) is 0 Å². The lowest BCUT2D eigenvalue weighted by Crippen LogP contribution is -2.64. The minimum atomic E-state index is -7.78. The molecule has 0 fully saturated rings. The third kappa shape index (κ3) is 7.17. The van der Waals surface area contributed by atoms with Gasteiger partial charge in [-0.1, -0.05) is 0 Å². The molecule has 20 heteroatoms. The monoisotopic (exact) mass is 520 g/mol. The van der Waals surface area contributed by atoms with Gasteiger partial charge in [-0.3, -0.25) is 4.55 Å². The van der Waals surface area contributed by atoms with E-state index in [1.165, 1.54) is 0 Å². The van der Waals surface area contributed by atoms with Gasteiger partial charge in [0.05, 0.1) is 12.4 Å². The molecule has 0 saturated carbocycles. The first kappa shape index (κ1) is 29.8. The Balaban J connectivity index is 5.30. The molecule has 0 spiro atoms. The van der Waals surface area contributed by atoms with Crippen LogP contribution >= 0.6 is 0 Å². The van der Waals surface area contributed by atoms with Crippen molar-refractivity contribution in [2.24, 2.45) is 0 Å². The summed E-state index contributed by atoms with van der Waals surface area (Å²) in [5.41, 5.74) is 0. The van der Waals surface area contributed by atoms with E-state index in [1.807, 2.05) is 0 Å². The van der Waals surface area contributed by atoms with Crippen LogP contribution in [0.3, 0.4) is 0 Å². The van der Waals surface area contributed by atoms with E-state index in [4.69, 9.17) is 4.55 Å².